The Balaban J connectivity index is 1.43. The first-order valence-electron chi connectivity index (χ1n) is 8.71. The normalized spacial score (nSPS) is 19.5. The molecule has 1 N–H and O–H groups in total. The van der Waals surface area contributed by atoms with Crippen LogP contribution in [0.2, 0.25) is 0 Å². The molecular formula is C19H25N3O. The van der Waals surface area contributed by atoms with Gasteiger partial charge < -0.3 is 4.74 Å². The fourth-order valence-corrected chi connectivity index (χ4v) is 3.88. The summed E-state index contributed by atoms with van der Waals surface area (Å²) >= 11 is 0. The quantitative estimate of drug-likeness (QED) is 0.942. The van der Waals surface area contributed by atoms with E-state index in [9.17, 15) is 0 Å². The van der Waals surface area contributed by atoms with Crippen LogP contribution in [0.25, 0.3) is 0 Å². The number of aromatic nitrogens is 2. The average molecular weight is 311 g/mol. The highest BCUT2D eigenvalue weighted by molar-refractivity contribution is 5.40. The van der Waals surface area contributed by atoms with Gasteiger partial charge in [-0.25, -0.2) is 0 Å². The highest BCUT2D eigenvalue weighted by Gasteiger charge is 2.20. The first-order valence-corrected chi connectivity index (χ1v) is 8.71. The van der Waals surface area contributed by atoms with E-state index in [2.05, 4.69) is 47.3 Å². The summed E-state index contributed by atoms with van der Waals surface area (Å²) in [6.45, 7) is 3.99. The van der Waals surface area contributed by atoms with Crippen molar-refractivity contribution < 1.29 is 4.74 Å². The van der Waals surface area contributed by atoms with Gasteiger partial charge in [-0.1, -0.05) is 12.1 Å². The minimum absolute atomic E-state index is 0.313. The van der Waals surface area contributed by atoms with Crippen LogP contribution in [-0.4, -0.2) is 28.2 Å². The molecule has 1 aromatic heterocycles. The maximum absolute atomic E-state index is 5.79. The summed E-state index contributed by atoms with van der Waals surface area (Å²) in [4.78, 5) is 2.35. The van der Waals surface area contributed by atoms with Gasteiger partial charge in [0, 0.05) is 25.2 Å². The van der Waals surface area contributed by atoms with Gasteiger partial charge in [0.15, 0.2) is 0 Å². The molecule has 23 heavy (non-hydrogen) atoms. The van der Waals surface area contributed by atoms with Crippen molar-refractivity contribution in [1.82, 2.24) is 15.1 Å². The van der Waals surface area contributed by atoms with E-state index in [0.29, 0.717) is 6.10 Å². The smallest absolute Gasteiger partial charge is 0.123 e. The van der Waals surface area contributed by atoms with Crippen molar-refractivity contribution in [3.05, 3.63) is 46.3 Å². The van der Waals surface area contributed by atoms with Crippen molar-refractivity contribution in [2.75, 3.05) is 7.05 Å². The molecule has 0 unspecified atom stereocenters. The molecule has 4 rings (SSSR count). The molecule has 0 saturated carbocycles. The van der Waals surface area contributed by atoms with E-state index in [1.54, 1.807) is 0 Å². The van der Waals surface area contributed by atoms with Gasteiger partial charge in [-0.15, -0.1) is 0 Å². The molecule has 1 atom stereocenters. The number of aromatic amines is 1. The van der Waals surface area contributed by atoms with E-state index in [1.807, 2.05) is 0 Å². The Morgan fingerprint density at radius 1 is 1.26 bits per heavy atom. The molecule has 0 amide bonds. The lowest BCUT2D eigenvalue weighted by atomic mass is 9.96. The number of aryl methyl sites for hydroxylation is 1. The number of rotatable bonds is 4. The molecule has 0 radical (unpaired) electrons. The van der Waals surface area contributed by atoms with Crippen LogP contribution < -0.4 is 4.74 Å². The second kappa shape index (κ2) is 6.00. The average Bonchev–Trinajstić information content (AvgIpc) is 3.10. The SMILES string of the molecule is C[C@H]1Cc2cc(CN(C)Cc3n[nH]c4c3CCCC4)ccc2O1. The summed E-state index contributed by atoms with van der Waals surface area (Å²) in [5.74, 6) is 1.06. The zero-order chi connectivity index (χ0) is 15.8. The number of hydrogen-bond acceptors (Lipinski definition) is 3. The van der Waals surface area contributed by atoms with Gasteiger partial charge >= 0.3 is 0 Å². The maximum atomic E-state index is 5.79. The summed E-state index contributed by atoms with van der Waals surface area (Å²) in [6.07, 6.45) is 6.28. The summed E-state index contributed by atoms with van der Waals surface area (Å²) in [7, 11) is 2.18. The Labute approximate surface area is 137 Å². The Morgan fingerprint density at radius 3 is 3.04 bits per heavy atom. The van der Waals surface area contributed by atoms with E-state index in [4.69, 9.17) is 4.74 Å². The van der Waals surface area contributed by atoms with Gasteiger partial charge in [0.25, 0.3) is 0 Å². The molecule has 0 saturated heterocycles. The van der Waals surface area contributed by atoms with Crippen molar-refractivity contribution >= 4 is 0 Å². The third-order valence-electron chi connectivity index (χ3n) is 4.97. The third-order valence-corrected chi connectivity index (χ3v) is 4.97. The standard InChI is InChI=1S/C19H25N3O/c1-13-9-15-10-14(7-8-19(15)23-13)11-22(2)12-18-16-5-3-4-6-17(16)20-21-18/h7-8,10,13H,3-6,9,11-12H2,1-2H3,(H,20,21)/t13-/m0/s1. The molecule has 2 aliphatic rings. The monoisotopic (exact) mass is 311 g/mol. The molecule has 2 aromatic rings. The first kappa shape index (κ1) is 14.8. The second-order valence-electron chi connectivity index (χ2n) is 7.08. The van der Waals surface area contributed by atoms with Crippen LogP contribution in [0.1, 0.15) is 47.8 Å². The third kappa shape index (κ3) is 3.00. The molecule has 1 aromatic carbocycles. The number of nitrogens with one attached hydrogen (secondary N) is 1. The zero-order valence-corrected chi connectivity index (χ0v) is 14.1. The van der Waals surface area contributed by atoms with Gasteiger partial charge in [0.2, 0.25) is 0 Å². The minimum Gasteiger partial charge on any atom is -0.490 e. The Kier molecular flexibility index (Phi) is 3.85. The molecule has 0 spiro atoms. The Morgan fingerprint density at radius 2 is 2.13 bits per heavy atom. The van der Waals surface area contributed by atoms with Crippen molar-refractivity contribution in [3.8, 4) is 5.75 Å². The van der Waals surface area contributed by atoms with Gasteiger partial charge in [0.05, 0.1) is 5.69 Å². The first-order chi connectivity index (χ1) is 11.2. The predicted octanol–water partition coefficient (Wildman–Crippen LogP) is 3.24. The molecular weight excluding hydrogens is 286 g/mol. The van der Waals surface area contributed by atoms with E-state index in [1.165, 1.54) is 47.3 Å². The molecule has 4 nitrogen and oxygen atoms in total. The summed E-state index contributed by atoms with van der Waals surface area (Å²) < 4.78 is 5.79. The summed E-state index contributed by atoms with van der Waals surface area (Å²) in [5, 5.41) is 7.80. The Hall–Kier alpha value is -1.81. The number of benzene rings is 1. The van der Waals surface area contributed by atoms with Crippen molar-refractivity contribution in [2.24, 2.45) is 0 Å². The molecule has 122 valence electrons. The van der Waals surface area contributed by atoms with Crippen molar-refractivity contribution in [2.45, 2.75) is 58.2 Å². The van der Waals surface area contributed by atoms with Gasteiger partial charge in [-0.05, 0) is 62.4 Å². The zero-order valence-electron chi connectivity index (χ0n) is 14.1. The van der Waals surface area contributed by atoms with E-state index < -0.39 is 0 Å². The van der Waals surface area contributed by atoms with Crippen LogP contribution >= 0.6 is 0 Å². The molecule has 0 fully saturated rings. The predicted molar refractivity (Wildman–Crippen MR) is 90.6 cm³/mol. The highest BCUT2D eigenvalue weighted by Crippen LogP contribution is 2.30. The van der Waals surface area contributed by atoms with Crippen LogP contribution in [0.5, 0.6) is 5.75 Å². The number of ether oxygens (including phenoxy) is 1. The molecule has 4 heteroatoms. The topological polar surface area (TPSA) is 41.2 Å². The van der Waals surface area contributed by atoms with Crippen LogP contribution in [0.3, 0.4) is 0 Å². The lowest BCUT2D eigenvalue weighted by Crippen LogP contribution is -2.18. The van der Waals surface area contributed by atoms with Crippen LogP contribution in [0.15, 0.2) is 18.2 Å². The largest absolute Gasteiger partial charge is 0.490 e. The number of fused-ring (bicyclic) bond motifs is 2. The van der Waals surface area contributed by atoms with Crippen LogP contribution in [0, 0.1) is 0 Å². The van der Waals surface area contributed by atoms with E-state index in [-0.39, 0.29) is 0 Å². The summed E-state index contributed by atoms with van der Waals surface area (Å²) in [6, 6.07) is 6.61. The summed E-state index contributed by atoms with van der Waals surface area (Å²) in [5.41, 5.74) is 6.77. The van der Waals surface area contributed by atoms with Gasteiger partial charge in [-0.2, -0.15) is 5.10 Å². The fraction of sp³-hybridized carbons (Fsp3) is 0.526. The van der Waals surface area contributed by atoms with Crippen LogP contribution in [-0.2, 0) is 32.4 Å². The number of hydrogen-bond donors (Lipinski definition) is 1. The van der Waals surface area contributed by atoms with E-state index >= 15 is 0 Å². The minimum atomic E-state index is 0.313. The molecule has 1 aliphatic heterocycles. The van der Waals surface area contributed by atoms with Crippen LogP contribution in [0.4, 0.5) is 0 Å². The Bertz CT molecular complexity index is 707. The lowest BCUT2D eigenvalue weighted by Gasteiger charge is -2.18. The van der Waals surface area contributed by atoms with Crippen molar-refractivity contribution in [3.63, 3.8) is 0 Å². The maximum Gasteiger partial charge on any atom is 0.123 e. The number of nitrogens with zero attached hydrogens (tertiary/aromatic N) is 2. The molecule has 1 aliphatic carbocycles. The molecule has 0 bridgehead atoms. The highest BCUT2D eigenvalue weighted by atomic mass is 16.5. The second-order valence-corrected chi connectivity index (χ2v) is 7.08. The lowest BCUT2D eigenvalue weighted by molar-refractivity contribution is 0.254. The van der Waals surface area contributed by atoms with Crippen molar-refractivity contribution in [1.29, 1.82) is 0 Å². The van der Waals surface area contributed by atoms with Gasteiger partial charge in [0.1, 0.15) is 11.9 Å². The number of H-pyrrole nitrogens is 1. The fourth-order valence-electron chi connectivity index (χ4n) is 3.88. The molecule has 2 heterocycles. The van der Waals surface area contributed by atoms with E-state index in [0.717, 1.165) is 31.7 Å². The van der Waals surface area contributed by atoms with Gasteiger partial charge in [-0.3, -0.25) is 10.00 Å².